The van der Waals surface area contributed by atoms with E-state index in [1.807, 2.05) is 18.3 Å². The lowest BCUT2D eigenvalue weighted by Gasteiger charge is -2.19. The van der Waals surface area contributed by atoms with Gasteiger partial charge in [-0.1, -0.05) is 38.5 Å². The largest absolute Gasteiger partial charge is 0.323 e. The second-order valence-electron chi connectivity index (χ2n) is 6.59. The van der Waals surface area contributed by atoms with Gasteiger partial charge in [0.15, 0.2) is 0 Å². The summed E-state index contributed by atoms with van der Waals surface area (Å²) in [5.74, 6) is 0.682. The van der Waals surface area contributed by atoms with Crippen LogP contribution >= 0.6 is 0 Å². The lowest BCUT2D eigenvalue weighted by atomic mass is 9.87. The standard InChI is InChI=1S/C17H24N2O/c1-12(13-5-6-13)11-18-16(20)19-15-9-7-14(8-10-15)17(2,3)4/h7-11,13H,5-6H2,1-4H3,(H2,18,19,20)/b12-11+. The van der Waals surface area contributed by atoms with Crippen LogP contribution in [0, 0.1) is 5.92 Å². The van der Waals surface area contributed by atoms with E-state index in [9.17, 15) is 4.79 Å². The molecule has 0 bridgehead atoms. The van der Waals surface area contributed by atoms with Crippen LogP contribution in [0.4, 0.5) is 10.5 Å². The Balaban J connectivity index is 1.89. The lowest BCUT2D eigenvalue weighted by molar-refractivity contribution is 0.255. The molecule has 2 N–H and O–H groups in total. The Labute approximate surface area is 121 Å². The zero-order valence-corrected chi connectivity index (χ0v) is 12.8. The van der Waals surface area contributed by atoms with E-state index in [0.29, 0.717) is 5.92 Å². The van der Waals surface area contributed by atoms with Crippen molar-refractivity contribution in [3.05, 3.63) is 41.6 Å². The van der Waals surface area contributed by atoms with Crippen molar-refractivity contribution in [2.45, 2.75) is 46.0 Å². The molecule has 1 aliphatic carbocycles. The number of amides is 2. The van der Waals surface area contributed by atoms with Gasteiger partial charge in [-0.05, 0) is 48.8 Å². The monoisotopic (exact) mass is 272 g/mol. The van der Waals surface area contributed by atoms with E-state index in [4.69, 9.17) is 0 Å². The van der Waals surface area contributed by atoms with E-state index < -0.39 is 0 Å². The molecule has 0 aromatic heterocycles. The van der Waals surface area contributed by atoms with Crippen molar-refractivity contribution in [3.8, 4) is 0 Å². The first-order chi connectivity index (χ1) is 9.36. The summed E-state index contributed by atoms with van der Waals surface area (Å²) >= 11 is 0. The van der Waals surface area contributed by atoms with E-state index in [1.54, 1.807) is 0 Å². The Morgan fingerprint density at radius 2 is 1.80 bits per heavy atom. The van der Waals surface area contributed by atoms with Crippen LogP contribution in [0.15, 0.2) is 36.0 Å². The zero-order valence-electron chi connectivity index (χ0n) is 12.8. The highest BCUT2D eigenvalue weighted by molar-refractivity contribution is 5.89. The number of carbonyl (C=O) groups excluding carboxylic acids is 1. The van der Waals surface area contributed by atoms with Gasteiger partial charge >= 0.3 is 6.03 Å². The molecule has 2 rings (SSSR count). The van der Waals surface area contributed by atoms with Crippen molar-refractivity contribution in [2.24, 2.45) is 5.92 Å². The minimum absolute atomic E-state index is 0.130. The van der Waals surface area contributed by atoms with Crippen LogP contribution < -0.4 is 10.6 Å². The third-order valence-corrected chi connectivity index (χ3v) is 3.66. The molecular weight excluding hydrogens is 248 g/mol. The van der Waals surface area contributed by atoms with Gasteiger partial charge in [-0.3, -0.25) is 0 Å². The van der Waals surface area contributed by atoms with Gasteiger partial charge in [-0.15, -0.1) is 0 Å². The molecule has 0 heterocycles. The molecule has 0 atom stereocenters. The van der Waals surface area contributed by atoms with Crippen molar-refractivity contribution < 1.29 is 4.79 Å². The van der Waals surface area contributed by atoms with Gasteiger partial charge in [0.05, 0.1) is 0 Å². The van der Waals surface area contributed by atoms with Gasteiger partial charge in [0.2, 0.25) is 0 Å². The highest BCUT2D eigenvalue weighted by Crippen LogP contribution is 2.35. The van der Waals surface area contributed by atoms with E-state index in [1.165, 1.54) is 24.0 Å². The van der Waals surface area contributed by atoms with Crippen LogP contribution in [0.2, 0.25) is 0 Å². The molecule has 0 saturated heterocycles. The fourth-order valence-electron chi connectivity index (χ4n) is 2.06. The van der Waals surface area contributed by atoms with E-state index >= 15 is 0 Å². The number of carbonyl (C=O) groups is 1. The number of benzene rings is 1. The first-order valence-electron chi connectivity index (χ1n) is 7.21. The van der Waals surface area contributed by atoms with Gasteiger partial charge in [0, 0.05) is 11.9 Å². The van der Waals surface area contributed by atoms with Gasteiger partial charge < -0.3 is 10.6 Å². The maximum absolute atomic E-state index is 11.8. The Morgan fingerprint density at radius 3 is 2.30 bits per heavy atom. The molecule has 20 heavy (non-hydrogen) atoms. The molecule has 1 aliphatic rings. The van der Waals surface area contributed by atoms with Crippen molar-refractivity contribution in [2.75, 3.05) is 5.32 Å². The summed E-state index contributed by atoms with van der Waals surface area (Å²) in [5.41, 5.74) is 3.45. The van der Waals surface area contributed by atoms with Crippen molar-refractivity contribution in [1.29, 1.82) is 0 Å². The normalized spacial score (nSPS) is 15.9. The zero-order chi connectivity index (χ0) is 14.8. The molecular formula is C17H24N2O. The summed E-state index contributed by atoms with van der Waals surface area (Å²) in [5, 5.41) is 5.63. The average molecular weight is 272 g/mol. The first-order valence-corrected chi connectivity index (χ1v) is 7.21. The third kappa shape index (κ3) is 4.12. The van der Waals surface area contributed by atoms with Gasteiger partial charge in [-0.25, -0.2) is 4.79 Å². The molecule has 0 spiro atoms. The summed E-state index contributed by atoms with van der Waals surface area (Å²) in [6, 6.07) is 7.81. The molecule has 2 amide bonds. The van der Waals surface area contributed by atoms with E-state index in [-0.39, 0.29) is 11.4 Å². The molecule has 0 aliphatic heterocycles. The predicted molar refractivity (Wildman–Crippen MR) is 83.8 cm³/mol. The summed E-state index contributed by atoms with van der Waals surface area (Å²) in [4.78, 5) is 11.8. The summed E-state index contributed by atoms with van der Waals surface area (Å²) in [6.45, 7) is 8.59. The molecule has 108 valence electrons. The maximum atomic E-state index is 11.8. The van der Waals surface area contributed by atoms with Crippen molar-refractivity contribution >= 4 is 11.7 Å². The Morgan fingerprint density at radius 1 is 1.20 bits per heavy atom. The number of hydrogen-bond donors (Lipinski definition) is 2. The fourth-order valence-corrected chi connectivity index (χ4v) is 2.06. The van der Waals surface area contributed by atoms with Crippen LogP contribution in [0.1, 0.15) is 46.1 Å². The lowest BCUT2D eigenvalue weighted by Crippen LogP contribution is -2.24. The quantitative estimate of drug-likeness (QED) is 0.840. The second kappa shape index (κ2) is 5.70. The first kappa shape index (κ1) is 14.6. The summed E-state index contributed by atoms with van der Waals surface area (Å²) < 4.78 is 0. The molecule has 3 nitrogen and oxygen atoms in total. The number of nitrogens with one attached hydrogen (secondary N) is 2. The number of allylic oxidation sites excluding steroid dienone is 1. The van der Waals surface area contributed by atoms with Crippen molar-refractivity contribution in [1.82, 2.24) is 5.32 Å². The summed E-state index contributed by atoms with van der Waals surface area (Å²) in [7, 11) is 0. The molecule has 1 fully saturated rings. The highest BCUT2D eigenvalue weighted by atomic mass is 16.2. The number of rotatable bonds is 3. The molecule has 1 aromatic carbocycles. The van der Waals surface area contributed by atoms with Crippen LogP contribution in [0.5, 0.6) is 0 Å². The van der Waals surface area contributed by atoms with Crippen LogP contribution in [0.3, 0.4) is 0 Å². The van der Waals surface area contributed by atoms with Crippen LogP contribution in [0.25, 0.3) is 0 Å². The second-order valence-corrected chi connectivity index (χ2v) is 6.59. The Bertz CT molecular complexity index is 505. The number of urea groups is 1. The third-order valence-electron chi connectivity index (χ3n) is 3.66. The molecule has 3 heteroatoms. The minimum Gasteiger partial charge on any atom is -0.314 e. The molecule has 0 radical (unpaired) electrons. The smallest absolute Gasteiger partial charge is 0.314 e. The Hall–Kier alpha value is -1.77. The van der Waals surface area contributed by atoms with Gasteiger partial charge in [0.1, 0.15) is 0 Å². The fraction of sp³-hybridized carbons (Fsp3) is 0.471. The number of anilines is 1. The van der Waals surface area contributed by atoms with Crippen LogP contribution in [-0.2, 0) is 5.41 Å². The van der Waals surface area contributed by atoms with Crippen molar-refractivity contribution in [3.63, 3.8) is 0 Å². The number of hydrogen-bond acceptors (Lipinski definition) is 1. The SMILES string of the molecule is C/C(=C\NC(=O)Nc1ccc(C(C)(C)C)cc1)C1CC1. The van der Waals surface area contributed by atoms with E-state index in [0.717, 1.165) is 5.69 Å². The average Bonchev–Trinajstić information content (AvgIpc) is 3.20. The van der Waals surface area contributed by atoms with E-state index in [2.05, 4.69) is 50.5 Å². The summed E-state index contributed by atoms with van der Waals surface area (Å²) in [6.07, 6.45) is 4.32. The molecule has 0 unspecified atom stereocenters. The van der Waals surface area contributed by atoms with Gasteiger partial charge in [-0.2, -0.15) is 0 Å². The highest BCUT2D eigenvalue weighted by Gasteiger charge is 2.22. The molecule has 1 saturated carbocycles. The van der Waals surface area contributed by atoms with Crippen LogP contribution in [-0.4, -0.2) is 6.03 Å². The predicted octanol–water partition coefficient (Wildman–Crippen LogP) is 4.42. The molecule has 1 aromatic rings. The Kier molecular flexibility index (Phi) is 4.17. The minimum atomic E-state index is -0.187. The van der Waals surface area contributed by atoms with Gasteiger partial charge in [0.25, 0.3) is 0 Å². The topological polar surface area (TPSA) is 41.1 Å². The maximum Gasteiger partial charge on any atom is 0.323 e.